The van der Waals surface area contributed by atoms with E-state index < -0.39 is 5.82 Å². The Kier molecular flexibility index (Phi) is 7.14. The van der Waals surface area contributed by atoms with E-state index in [0.717, 1.165) is 43.9 Å². The van der Waals surface area contributed by atoms with E-state index in [2.05, 4.69) is 45.9 Å². The molecule has 1 fully saturated rings. The van der Waals surface area contributed by atoms with E-state index in [-0.39, 0.29) is 16.8 Å². The number of esters is 1. The van der Waals surface area contributed by atoms with Crippen LogP contribution < -0.4 is 5.32 Å². The normalized spacial score (nSPS) is 16.7. The quantitative estimate of drug-likeness (QED) is 0.367. The van der Waals surface area contributed by atoms with Gasteiger partial charge in [-0.15, -0.1) is 0 Å². The molecular formula is C26H33FN6O2. The summed E-state index contributed by atoms with van der Waals surface area (Å²) in [5.74, 6) is 0.334. The van der Waals surface area contributed by atoms with Crippen LogP contribution in [0.15, 0.2) is 25.0 Å². The van der Waals surface area contributed by atoms with Crippen LogP contribution in [-0.2, 0) is 9.53 Å². The Morgan fingerprint density at radius 2 is 2.09 bits per heavy atom. The molecule has 3 aromatic rings. The van der Waals surface area contributed by atoms with Crippen LogP contribution in [-0.4, -0.2) is 44.3 Å². The largest absolute Gasteiger partial charge is 0.466 e. The minimum Gasteiger partial charge on any atom is -0.466 e. The number of nitrogens with one attached hydrogen (secondary N) is 2. The van der Waals surface area contributed by atoms with Crippen molar-refractivity contribution in [1.29, 1.82) is 0 Å². The third-order valence-electron chi connectivity index (χ3n) is 7.68. The molecule has 1 aliphatic rings. The van der Waals surface area contributed by atoms with Crippen molar-refractivity contribution >= 4 is 28.9 Å². The molecule has 1 unspecified atom stereocenters. The number of nitrogens with zero attached hydrogens (tertiary/aromatic N) is 4. The second kappa shape index (κ2) is 10.1. The summed E-state index contributed by atoms with van der Waals surface area (Å²) in [6.07, 6.45) is 10.1. The van der Waals surface area contributed by atoms with Crippen molar-refractivity contribution in [3.63, 3.8) is 0 Å². The van der Waals surface area contributed by atoms with E-state index >= 15 is 0 Å². The summed E-state index contributed by atoms with van der Waals surface area (Å²) >= 11 is 0. The predicted molar refractivity (Wildman–Crippen MR) is 134 cm³/mol. The molecule has 0 radical (unpaired) electrons. The Morgan fingerprint density at radius 1 is 1.31 bits per heavy atom. The van der Waals surface area contributed by atoms with E-state index in [0.29, 0.717) is 47.9 Å². The number of halogens is 1. The van der Waals surface area contributed by atoms with Crippen molar-refractivity contribution < 1.29 is 13.9 Å². The highest BCUT2D eigenvalue weighted by Crippen LogP contribution is 2.55. The molecule has 0 aliphatic heterocycles. The number of pyridine rings is 1. The third kappa shape index (κ3) is 4.76. The van der Waals surface area contributed by atoms with Gasteiger partial charge in [0.15, 0.2) is 11.5 Å². The average molecular weight is 481 g/mol. The molecule has 9 heteroatoms. The molecule has 1 aliphatic carbocycles. The molecule has 4 rings (SSSR count). The molecule has 35 heavy (non-hydrogen) atoms. The second-order valence-electron chi connectivity index (χ2n) is 9.56. The maximum atomic E-state index is 13.8. The number of carbonyl (C=O) groups is 1. The molecule has 3 heterocycles. The highest BCUT2D eigenvalue weighted by atomic mass is 19.1. The van der Waals surface area contributed by atoms with Crippen LogP contribution in [0.1, 0.15) is 64.9 Å². The molecule has 2 N–H and O–H groups in total. The maximum Gasteiger partial charge on any atom is 0.306 e. The van der Waals surface area contributed by atoms with Gasteiger partial charge >= 0.3 is 5.97 Å². The van der Waals surface area contributed by atoms with Crippen LogP contribution in [0.5, 0.6) is 0 Å². The minimum absolute atomic E-state index is 0.00842. The number of fused-ring (bicyclic) bond motifs is 1. The Labute approximate surface area is 204 Å². The van der Waals surface area contributed by atoms with Crippen molar-refractivity contribution in [1.82, 2.24) is 25.1 Å². The first kappa shape index (κ1) is 24.8. The number of carbonyl (C=O) groups excluding carboxylic acids is 1. The number of aromatic amines is 1. The van der Waals surface area contributed by atoms with E-state index in [1.54, 1.807) is 12.3 Å². The van der Waals surface area contributed by atoms with Gasteiger partial charge in [-0.1, -0.05) is 39.3 Å². The number of hydrogen-bond donors (Lipinski definition) is 2. The van der Waals surface area contributed by atoms with Gasteiger partial charge in [0.2, 0.25) is 0 Å². The number of hydrogen-bond acceptors (Lipinski definition) is 7. The highest BCUT2D eigenvalue weighted by molar-refractivity contribution is 5.89. The number of ether oxygens (including phenoxy) is 1. The summed E-state index contributed by atoms with van der Waals surface area (Å²) in [5.41, 5.74) is 1.32. The molecule has 186 valence electrons. The molecule has 0 amide bonds. The van der Waals surface area contributed by atoms with Crippen LogP contribution in [0.2, 0.25) is 0 Å². The predicted octanol–water partition coefficient (Wildman–Crippen LogP) is 5.54. The summed E-state index contributed by atoms with van der Waals surface area (Å²) < 4.78 is 19.2. The lowest BCUT2D eigenvalue weighted by atomic mass is 9.60. The second-order valence-corrected chi connectivity index (χ2v) is 9.56. The van der Waals surface area contributed by atoms with Gasteiger partial charge in [-0.3, -0.25) is 9.89 Å². The summed E-state index contributed by atoms with van der Waals surface area (Å²) in [6, 6.07) is 1.36. The summed E-state index contributed by atoms with van der Waals surface area (Å²) in [7, 11) is 0. The molecule has 0 saturated heterocycles. The minimum atomic E-state index is -0.460. The van der Waals surface area contributed by atoms with Crippen molar-refractivity contribution in [2.24, 2.45) is 10.8 Å². The third-order valence-corrected chi connectivity index (χ3v) is 7.68. The van der Waals surface area contributed by atoms with Gasteiger partial charge in [-0.2, -0.15) is 5.10 Å². The van der Waals surface area contributed by atoms with Gasteiger partial charge in [0.1, 0.15) is 17.3 Å². The summed E-state index contributed by atoms with van der Waals surface area (Å²) in [6.45, 7) is 11.1. The Morgan fingerprint density at radius 3 is 2.77 bits per heavy atom. The summed E-state index contributed by atoms with van der Waals surface area (Å²) in [5, 5.41) is 11.0. The van der Waals surface area contributed by atoms with Crippen LogP contribution >= 0.6 is 0 Å². The fourth-order valence-corrected chi connectivity index (χ4v) is 5.44. The topological polar surface area (TPSA) is 106 Å². The first-order valence-electron chi connectivity index (χ1n) is 12.2. The lowest BCUT2D eigenvalue weighted by molar-refractivity contribution is -0.148. The van der Waals surface area contributed by atoms with Gasteiger partial charge < -0.3 is 10.1 Å². The van der Waals surface area contributed by atoms with E-state index in [1.165, 1.54) is 6.07 Å². The highest BCUT2D eigenvalue weighted by Gasteiger charge is 2.49. The molecule has 0 bridgehead atoms. The lowest BCUT2D eigenvalue weighted by Crippen LogP contribution is -2.45. The molecular weight excluding hydrogens is 447 g/mol. The number of H-pyrrole nitrogens is 1. The Bertz CT molecular complexity index is 1220. The van der Waals surface area contributed by atoms with Gasteiger partial charge in [-0.25, -0.2) is 19.3 Å². The van der Waals surface area contributed by atoms with E-state index in [1.807, 2.05) is 6.92 Å². The van der Waals surface area contributed by atoms with Crippen molar-refractivity contribution in [2.45, 2.75) is 59.3 Å². The van der Waals surface area contributed by atoms with Crippen LogP contribution in [0, 0.1) is 16.6 Å². The van der Waals surface area contributed by atoms with Gasteiger partial charge in [0.25, 0.3) is 0 Å². The molecule has 1 atom stereocenters. The van der Waals surface area contributed by atoms with Gasteiger partial charge in [0.05, 0.1) is 24.6 Å². The van der Waals surface area contributed by atoms with Crippen molar-refractivity contribution in [3.05, 3.63) is 36.4 Å². The molecule has 0 spiro atoms. The maximum absolute atomic E-state index is 13.8. The van der Waals surface area contributed by atoms with Crippen molar-refractivity contribution in [3.8, 4) is 11.5 Å². The van der Waals surface area contributed by atoms with Gasteiger partial charge in [-0.05, 0) is 37.7 Å². The Hall–Kier alpha value is -3.36. The molecule has 8 nitrogen and oxygen atoms in total. The first-order valence-corrected chi connectivity index (χ1v) is 12.2. The zero-order valence-corrected chi connectivity index (χ0v) is 20.7. The average Bonchev–Trinajstić information content (AvgIpc) is 3.48. The zero-order chi connectivity index (χ0) is 25.1. The number of anilines is 1. The lowest BCUT2D eigenvalue weighted by Gasteiger charge is -2.46. The Balaban J connectivity index is 1.68. The van der Waals surface area contributed by atoms with Crippen LogP contribution in [0.3, 0.4) is 0 Å². The molecule has 0 aromatic carbocycles. The first-order chi connectivity index (χ1) is 16.8. The van der Waals surface area contributed by atoms with Gasteiger partial charge in [0, 0.05) is 23.7 Å². The molecule has 1 saturated carbocycles. The SMILES string of the molecule is C=Cc1cnc(-c2[nH]nc3ncc(F)cc23)nc1NCC(CC)(CC(=O)OCC)C1(C)CCCC1. The monoisotopic (exact) mass is 480 g/mol. The van der Waals surface area contributed by atoms with Crippen molar-refractivity contribution in [2.75, 3.05) is 18.5 Å². The standard InChI is InChI=1S/C26H33FN6O2/c1-5-17-14-28-24(21-19-12-18(27)15-29-23(19)33-32-21)31-22(17)30-16-26(6-2,13-20(34)35-7-3)25(4)10-8-9-11-25/h5,12,14-15H,1,6-11,13,16H2,2-4H3,(H,28,30,31)(H,29,32,33). The number of aromatic nitrogens is 5. The van der Waals surface area contributed by atoms with Crippen LogP contribution in [0.4, 0.5) is 10.2 Å². The van der Waals surface area contributed by atoms with E-state index in [4.69, 9.17) is 9.72 Å². The van der Waals surface area contributed by atoms with E-state index in [9.17, 15) is 9.18 Å². The smallest absolute Gasteiger partial charge is 0.306 e. The number of rotatable bonds is 10. The zero-order valence-electron chi connectivity index (χ0n) is 20.7. The molecule has 3 aromatic heterocycles. The fourth-order valence-electron chi connectivity index (χ4n) is 5.44. The van der Waals surface area contributed by atoms with Crippen LogP contribution in [0.25, 0.3) is 28.6 Å². The fraction of sp³-hybridized carbons (Fsp3) is 0.500. The summed E-state index contributed by atoms with van der Waals surface area (Å²) in [4.78, 5) is 25.9.